The minimum Gasteiger partial charge on any atom is -0.493 e. The lowest BCUT2D eigenvalue weighted by molar-refractivity contribution is -0.137. The molecule has 1 saturated heterocycles. The summed E-state index contributed by atoms with van der Waals surface area (Å²) in [6, 6.07) is 3.59. The van der Waals surface area contributed by atoms with Gasteiger partial charge in [0.1, 0.15) is 0 Å². The molecule has 1 aliphatic rings. The molecule has 0 aromatic heterocycles. The van der Waals surface area contributed by atoms with Gasteiger partial charge in [0, 0.05) is 4.47 Å². The number of hydrogen-bond donors (Lipinski definition) is 0. The van der Waals surface area contributed by atoms with Gasteiger partial charge in [0.05, 0.1) is 44.2 Å². The van der Waals surface area contributed by atoms with Crippen molar-refractivity contribution in [3.63, 3.8) is 0 Å². The number of rotatable bonds is 6. The van der Waals surface area contributed by atoms with Gasteiger partial charge in [0.25, 0.3) is 0 Å². The number of esters is 1. The highest BCUT2D eigenvalue weighted by molar-refractivity contribution is 9.10. The van der Waals surface area contributed by atoms with Gasteiger partial charge < -0.3 is 19.1 Å². The molecule has 0 bridgehead atoms. The van der Waals surface area contributed by atoms with Gasteiger partial charge in [-0.1, -0.05) is 27.7 Å². The Hall–Kier alpha value is -1.67. The van der Waals surface area contributed by atoms with E-state index in [0.29, 0.717) is 35.4 Å². The van der Waals surface area contributed by atoms with Crippen LogP contribution in [0.4, 0.5) is 0 Å². The summed E-state index contributed by atoms with van der Waals surface area (Å²) < 4.78 is 16.3. The second-order valence-corrected chi connectivity index (χ2v) is 6.65. The monoisotopic (exact) mass is 415 g/mol. The number of nitrogens with zero attached hydrogens (tertiary/aromatic N) is 1. The summed E-state index contributed by atoms with van der Waals surface area (Å²) in [5.41, 5.74) is 0.846. The van der Waals surface area contributed by atoms with E-state index in [1.54, 1.807) is 38.2 Å². The maximum Gasteiger partial charge on any atom is 0.333 e. The molecule has 2 rings (SSSR count). The van der Waals surface area contributed by atoms with Gasteiger partial charge >= 0.3 is 5.97 Å². The van der Waals surface area contributed by atoms with Crippen LogP contribution in [-0.2, 0) is 20.9 Å². The zero-order valence-corrected chi connectivity index (χ0v) is 16.0. The van der Waals surface area contributed by atoms with E-state index < -0.39 is 5.97 Å². The molecule has 1 aromatic carbocycles. The van der Waals surface area contributed by atoms with E-state index in [1.807, 2.05) is 0 Å². The first-order chi connectivity index (χ1) is 11.5. The maximum atomic E-state index is 12.2. The topological polar surface area (TPSA) is 65.1 Å². The zero-order valence-electron chi connectivity index (χ0n) is 13.6. The van der Waals surface area contributed by atoms with Crippen LogP contribution >= 0.6 is 27.7 Å². The molecule has 1 aliphatic heterocycles. The Labute approximate surface area is 153 Å². The Morgan fingerprint density at radius 3 is 2.62 bits per heavy atom. The van der Waals surface area contributed by atoms with Gasteiger partial charge in [-0.15, -0.1) is 0 Å². The number of carbonyl (C=O) groups excluding carboxylic acids is 2. The normalized spacial score (nSPS) is 15.8. The van der Waals surface area contributed by atoms with Crippen LogP contribution in [0.2, 0.25) is 0 Å². The summed E-state index contributed by atoms with van der Waals surface area (Å²) in [4.78, 5) is 25.4. The lowest BCUT2D eigenvalue weighted by atomic mass is 10.2. The van der Waals surface area contributed by atoms with Crippen LogP contribution < -0.4 is 9.47 Å². The predicted octanol–water partition coefficient (Wildman–Crippen LogP) is 2.95. The molecule has 0 aliphatic carbocycles. The van der Waals surface area contributed by atoms with Gasteiger partial charge in [-0.2, -0.15) is 0 Å². The molecule has 0 atom stereocenters. The van der Waals surface area contributed by atoms with Crippen LogP contribution in [0.1, 0.15) is 12.5 Å². The van der Waals surface area contributed by atoms with Gasteiger partial charge in [-0.25, -0.2) is 4.79 Å². The van der Waals surface area contributed by atoms with Crippen LogP contribution in [-0.4, -0.2) is 43.4 Å². The molecule has 0 spiro atoms. The lowest BCUT2D eigenvalue weighted by Gasteiger charge is -2.19. The SMILES string of the molecule is CCOC(=O)/C=C1\SCC(=O)N1Cc1cc(OC)c(OC)cc1Br. The summed E-state index contributed by atoms with van der Waals surface area (Å²) >= 11 is 4.80. The molecule has 1 aromatic rings. The van der Waals surface area contributed by atoms with E-state index in [0.717, 1.165) is 10.0 Å². The van der Waals surface area contributed by atoms with E-state index in [2.05, 4.69) is 15.9 Å². The molecule has 130 valence electrons. The standard InChI is InChI=1S/C16H18BrNO5S/c1-4-23-16(20)7-15-18(14(19)9-24-15)8-10-5-12(21-2)13(22-3)6-11(10)17/h5-7H,4,8-9H2,1-3H3/b15-7-. The van der Waals surface area contributed by atoms with E-state index in [4.69, 9.17) is 14.2 Å². The van der Waals surface area contributed by atoms with Crippen molar-refractivity contribution >= 4 is 39.6 Å². The highest BCUT2D eigenvalue weighted by Gasteiger charge is 2.28. The summed E-state index contributed by atoms with van der Waals surface area (Å²) in [5.74, 6) is 0.961. The maximum absolute atomic E-state index is 12.2. The van der Waals surface area contributed by atoms with Crippen LogP contribution in [0.15, 0.2) is 27.7 Å². The van der Waals surface area contributed by atoms with Crippen LogP contribution in [0.25, 0.3) is 0 Å². The molecule has 1 fully saturated rings. The number of benzene rings is 1. The fourth-order valence-electron chi connectivity index (χ4n) is 2.17. The van der Waals surface area contributed by atoms with Crippen molar-refractivity contribution in [1.82, 2.24) is 4.90 Å². The summed E-state index contributed by atoms with van der Waals surface area (Å²) in [6.45, 7) is 2.35. The average Bonchev–Trinajstić information content (AvgIpc) is 2.89. The minimum absolute atomic E-state index is 0.0581. The van der Waals surface area contributed by atoms with Gasteiger partial charge in [-0.3, -0.25) is 4.79 Å². The van der Waals surface area contributed by atoms with Crippen molar-refractivity contribution in [2.24, 2.45) is 0 Å². The summed E-state index contributed by atoms with van der Waals surface area (Å²) in [5, 5.41) is 0.583. The van der Waals surface area contributed by atoms with Gasteiger partial charge in [-0.05, 0) is 24.6 Å². The third-order valence-corrected chi connectivity index (χ3v) is 5.08. The number of carbonyl (C=O) groups is 2. The van der Waals surface area contributed by atoms with Crippen LogP contribution in [0, 0.1) is 0 Å². The third-order valence-electron chi connectivity index (χ3n) is 3.32. The third kappa shape index (κ3) is 4.24. The Kier molecular flexibility index (Phi) is 6.56. The van der Waals surface area contributed by atoms with Crippen molar-refractivity contribution in [2.75, 3.05) is 26.6 Å². The van der Waals surface area contributed by atoms with E-state index in [-0.39, 0.29) is 5.91 Å². The Bertz CT molecular complexity index is 677. The van der Waals surface area contributed by atoms with Crippen molar-refractivity contribution in [1.29, 1.82) is 0 Å². The lowest BCUT2D eigenvalue weighted by Crippen LogP contribution is -2.24. The van der Waals surface area contributed by atoms with Crippen molar-refractivity contribution in [3.8, 4) is 11.5 Å². The van der Waals surface area contributed by atoms with Crippen LogP contribution in [0.3, 0.4) is 0 Å². The number of thioether (sulfide) groups is 1. The Balaban J connectivity index is 2.27. The smallest absolute Gasteiger partial charge is 0.333 e. The summed E-state index contributed by atoms with van der Waals surface area (Å²) in [6.07, 6.45) is 1.35. The second-order valence-electron chi connectivity index (χ2n) is 4.80. The first-order valence-corrected chi connectivity index (χ1v) is 9.00. The average molecular weight is 416 g/mol. The van der Waals surface area contributed by atoms with Crippen molar-refractivity contribution < 1.29 is 23.8 Å². The predicted molar refractivity (Wildman–Crippen MR) is 95.0 cm³/mol. The zero-order chi connectivity index (χ0) is 17.7. The second kappa shape index (κ2) is 8.43. The molecular weight excluding hydrogens is 398 g/mol. The fraction of sp³-hybridized carbons (Fsp3) is 0.375. The quantitative estimate of drug-likeness (QED) is 0.525. The molecule has 0 N–H and O–H groups in total. The fourth-order valence-corrected chi connectivity index (χ4v) is 3.55. The first kappa shape index (κ1) is 18.7. The number of halogens is 1. The molecule has 1 amide bonds. The molecule has 8 heteroatoms. The molecule has 0 unspecified atom stereocenters. The van der Waals surface area contributed by atoms with Gasteiger partial charge in [0.2, 0.25) is 5.91 Å². The van der Waals surface area contributed by atoms with Gasteiger partial charge in [0.15, 0.2) is 11.5 Å². The molecule has 24 heavy (non-hydrogen) atoms. The largest absolute Gasteiger partial charge is 0.493 e. The highest BCUT2D eigenvalue weighted by atomic mass is 79.9. The number of ether oxygens (including phenoxy) is 3. The number of hydrogen-bond acceptors (Lipinski definition) is 6. The molecule has 6 nitrogen and oxygen atoms in total. The molecular formula is C16H18BrNO5S. The van der Waals surface area contributed by atoms with E-state index in [9.17, 15) is 9.59 Å². The first-order valence-electron chi connectivity index (χ1n) is 7.22. The van der Waals surface area contributed by atoms with E-state index >= 15 is 0 Å². The molecule has 0 saturated carbocycles. The highest BCUT2D eigenvalue weighted by Crippen LogP contribution is 2.36. The Morgan fingerprint density at radius 2 is 2.00 bits per heavy atom. The van der Waals surface area contributed by atoms with Crippen LogP contribution in [0.5, 0.6) is 11.5 Å². The number of methoxy groups -OCH3 is 2. The minimum atomic E-state index is -0.453. The summed E-state index contributed by atoms with van der Waals surface area (Å²) in [7, 11) is 3.11. The van der Waals surface area contributed by atoms with Crippen molar-refractivity contribution in [3.05, 3.63) is 33.3 Å². The molecule has 0 radical (unpaired) electrons. The number of amides is 1. The Morgan fingerprint density at radius 1 is 1.33 bits per heavy atom. The molecule has 1 heterocycles. The van der Waals surface area contributed by atoms with E-state index in [1.165, 1.54) is 17.8 Å². The van der Waals surface area contributed by atoms with Crippen molar-refractivity contribution in [2.45, 2.75) is 13.5 Å².